The average Bonchev–Trinajstić information content (AvgIpc) is 3.17. The van der Waals surface area contributed by atoms with Gasteiger partial charge < -0.3 is 19.1 Å². The van der Waals surface area contributed by atoms with Crippen molar-refractivity contribution in [3.8, 4) is 5.75 Å². The number of fused-ring (bicyclic) bond motifs is 1. The SMILES string of the molecule is COC1OC1c1ccc2c(c1)OCC(=O)N2C(C)C. The zero-order valence-corrected chi connectivity index (χ0v) is 11.3. The minimum atomic E-state index is -0.163. The summed E-state index contributed by atoms with van der Waals surface area (Å²) in [6.45, 7) is 4.07. The van der Waals surface area contributed by atoms with E-state index in [0.29, 0.717) is 0 Å². The molecule has 0 saturated carbocycles. The first-order valence-electron chi connectivity index (χ1n) is 6.39. The van der Waals surface area contributed by atoms with Crippen LogP contribution in [0.15, 0.2) is 18.2 Å². The number of nitrogens with zero attached hydrogens (tertiary/aromatic N) is 1. The molecule has 2 aliphatic heterocycles. The Kier molecular flexibility index (Phi) is 2.95. The molecular weight excluding hydrogens is 246 g/mol. The molecule has 0 spiro atoms. The van der Waals surface area contributed by atoms with Crippen molar-refractivity contribution in [2.24, 2.45) is 0 Å². The van der Waals surface area contributed by atoms with Gasteiger partial charge in [0.1, 0.15) is 11.9 Å². The number of hydrogen-bond donors (Lipinski definition) is 0. The van der Waals surface area contributed by atoms with E-state index in [1.165, 1.54) is 0 Å². The molecule has 102 valence electrons. The highest BCUT2D eigenvalue weighted by Crippen LogP contribution is 2.43. The molecule has 0 bridgehead atoms. The third-order valence-electron chi connectivity index (χ3n) is 3.39. The Hall–Kier alpha value is -1.59. The summed E-state index contributed by atoms with van der Waals surface area (Å²) in [5, 5.41) is 0. The number of methoxy groups -OCH3 is 1. The van der Waals surface area contributed by atoms with Crippen LogP contribution >= 0.6 is 0 Å². The summed E-state index contributed by atoms with van der Waals surface area (Å²) in [7, 11) is 1.62. The molecule has 0 aliphatic carbocycles. The molecule has 2 heterocycles. The average molecular weight is 263 g/mol. The molecule has 1 amide bonds. The fraction of sp³-hybridized carbons (Fsp3) is 0.500. The smallest absolute Gasteiger partial charge is 0.265 e. The van der Waals surface area contributed by atoms with E-state index in [1.54, 1.807) is 12.0 Å². The van der Waals surface area contributed by atoms with Crippen LogP contribution in [-0.2, 0) is 14.3 Å². The fourth-order valence-corrected chi connectivity index (χ4v) is 2.45. The van der Waals surface area contributed by atoms with Crippen LogP contribution in [-0.4, -0.2) is 32.0 Å². The number of anilines is 1. The number of benzene rings is 1. The van der Waals surface area contributed by atoms with Crippen molar-refractivity contribution in [1.29, 1.82) is 0 Å². The lowest BCUT2D eigenvalue weighted by Gasteiger charge is -2.32. The molecule has 1 fully saturated rings. The maximum atomic E-state index is 11.9. The van der Waals surface area contributed by atoms with Gasteiger partial charge in [0, 0.05) is 13.2 Å². The first-order valence-corrected chi connectivity index (χ1v) is 6.39. The van der Waals surface area contributed by atoms with Crippen LogP contribution in [0, 0.1) is 0 Å². The second-order valence-corrected chi connectivity index (χ2v) is 5.03. The van der Waals surface area contributed by atoms with Crippen LogP contribution in [0.3, 0.4) is 0 Å². The van der Waals surface area contributed by atoms with Crippen molar-refractivity contribution in [2.75, 3.05) is 18.6 Å². The molecule has 0 N–H and O–H groups in total. The number of ether oxygens (including phenoxy) is 3. The van der Waals surface area contributed by atoms with E-state index in [0.717, 1.165) is 17.0 Å². The van der Waals surface area contributed by atoms with Crippen LogP contribution in [0.1, 0.15) is 25.5 Å². The molecule has 5 nitrogen and oxygen atoms in total. The summed E-state index contributed by atoms with van der Waals surface area (Å²) < 4.78 is 16.0. The Labute approximate surface area is 112 Å². The van der Waals surface area contributed by atoms with Crippen molar-refractivity contribution in [3.05, 3.63) is 23.8 Å². The zero-order chi connectivity index (χ0) is 13.6. The molecule has 1 saturated heterocycles. The Balaban J connectivity index is 1.92. The quantitative estimate of drug-likeness (QED) is 0.781. The number of carbonyl (C=O) groups is 1. The van der Waals surface area contributed by atoms with Crippen molar-refractivity contribution in [2.45, 2.75) is 32.3 Å². The summed E-state index contributed by atoms with van der Waals surface area (Å²) in [5.41, 5.74) is 1.84. The van der Waals surface area contributed by atoms with Gasteiger partial charge in [0.25, 0.3) is 5.91 Å². The van der Waals surface area contributed by atoms with Crippen LogP contribution < -0.4 is 9.64 Å². The standard InChI is InChI=1S/C14H17NO4/c1-8(2)15-10-5-4-9(13-14(17-3)19-13)6-11(10)18-7-12(15)16/h4-6,8,13-14H,7H2,1-3H3. The largest absolute Gasteiger partial charge is 0.482 e. The van der Waals surface area contributed by atoms with Gasteiger partial charge in [-0.3, -0.25) is 4.79 Å². The Morgan fingerprint density at radius 2 is 2.21 bits per heavy atom. The number of carbonyl (C=O) groups excluding carboxylic acids is 1. The molecule has 2 aliphatic rings. The van der Waals surface area contributed by atoms with Crippen molar-refractivity contribution < 1.29 is 19.0 Å². The van der Waals surface area contributed by atoms with Gasteiger partial charge in [0.15, 0.2) is 12.9 Å². The minimum Gasteiger partial charge on any atom is -0.482 e. The molecule has 19 heavy (non-hydrogen) atoms. The number of epoxide rings is 1. The highest BCUT2D eigenvalue weighted by molar-refractivity contribution is 5.98. The van der Waals surface area contributed by atoms with Crippen molar-refractivity contribution >= 4 is 11.6 Å². The van der Waals surface area contributed by atoms with E-state index in [4.69, 9.17) is 14.2 Å². The van der Waals surface area contributed by atoms with Crippen molar-refractivity contribution in [1.82, 2.24) is 0 Å². The minimum absolute atomic E-state index is 0.00677. The first-order chi connectivity index (χ1) is 9.11. The van der Waals surface area contributed by atoms with Gasteiger partial charge in [0.05, 0.1) is 5.69 Å². The molecule has 2 unspecified atom stereocenters. The van der Waals surface area contributed by atoms with Crippen LogP contribution in [0.4, 0.5) is 5.69 Å². The van der Waals surface area contributed by atoms with Gasteiger partial charge in [0.2, 0.25) is 0 Å². The monoisotopic (exact) mass is 263 g/mol. The van der Waals surface area contributed by atoms with E-state index in [1.807, 2.05) is 32.0 Å². The lowest BCUT2D eigenvalue weighted by Crippen LogP contribution is -2.43. The van der Waals surface area contributed by atoms with Crippen LogP contribution in [0.2, 0.25) is 0 Å². The second-order valence-electron chi connectivity index (χ2n) is 5.03. The van der Waals surface area contributed by atoms with E-state index in [-0.39, 0.29) is 30.9 Å². The molecule has 0 radical (unpaired) electrons. The second kappa shape index (κ2) is 4.51. The fourth-order valence-electron chi connectivity index (χ4n) is 2.45. The van der Waals surface area contributed by atoms with Crippen molar-refractivity contribution in [3.63, 3.8) is 0 Å². The molecule has 1 aromatic rings. The lowest BCUT2D eigenvalue weighted by atomic mass is 10.1. The van der Waals surface area contributed by atoms with E-state index in [2.05, 4.69) is 0 Å². The highest BCUT2D eigenvalue weighted by atomic mass is 16.8. The van der Waals surface area contributed by atoms with Gasteiger partial charge in [-0.15, -0.1) is 0 Å². The van der Waals surface area contributed by atoms with Gasteiger partial charge in [-0.2, -0.15) is 0 Å². The predicted molar refractivity (Wildman–Crippen MR) is 69.2 cm³/mol. The molecule has 5 heteroatoms. The summed E-state index contributed by atoms with van der Waals surface area (Å²) in [6, 6.07) is 5.92. The Morgan fingerprint density at radius 1 is 1.42 bits per heavy atom. The van der Waals surface area contributed by atoms with Crippen LogP contribution in [0.25, 0.3) is 0 Å². The molecule has 1 aromatic carbocycles. The zero-order valence-electron chi connectivity index (χ0n) is 11.3. The summed E-state index contributed by atoms with van der Waals surface area (Å²) in [4.78, 5) is 13.7. The number of amides is 1. The van der Waals surface area contributed by atoms with Gasteiger partial charge in [-0.1, -0.05) is 6.07 Å². The topological polar surface area (TPSA) is 51.3 Å². The summed E-state index contributed by atoms with van der Waals surface area (Å²) in [5.74, 6) is 0.726. The van der Waals surface area contributed by atoms with Crippen LogP contribution in [0.5, 0.6) is 5.75 Å². The third kappa shape index (κ3) is 2.09. The lowest BCUT2D eigenvalue weighted by molar-refractivity contribution is -0.121. The van der Waals surface area contributed by atoms with E-state index >= 15 is 0 Å². The number of hydrogen-bond acceptors (Lipinski definition) is 4. The molecule has 2 atom stereocenters. The van der Waals surface area contributed by atoms with E-state index < -0.39 is 0 Å². The normalized spacial score (nSPS) is 25.3. The van der Waals surface area contributed by atoms with Gasteiger partial charge in [-0.05, 0) is 31.5 Å². The summed E-state index contributed by atoms with van der Waals surface area (Å²) in [6.07, 6.45) is -0.187. The first kappa shape index (κ1) is 12.4. The molecule has 3 rings (SSSR count). The van der Waals surface area contributed by atoms with E-state index in [9.17, 15) is 4.79 Å². The maximum absolute atomic E-state index is 11.9. The maximum Gasteiger partial charge on any atom is 0.265 e. The molecule has 0 aromatic heterocycles. The summed E-state index contributed by atoms with van der Waals surface area (Å²) >= 11 is 0. The Bertz CT molecular complexity index is 514. The Morgan fingerprint density at radius 3 is 2.84 bits per heavy atom. The molecular formula is C14H17NO4. The third-order valence-corrected chi connectivity index (χ3v) is 3.39. The predicted octanol–water partition coefficient (Wildman–Crippen LogP) is 1.86. The highest BCUT2D eigenvalue weighted by Gasteiger charge is 2.41. The van der Waals surface area contributed by atoms with Gasteiger partial charge in [-0.25, -0.2) is 0 Å². The number of rotatable bonds is 3. The van der Waals surface area contributed by atoms with Gasteiger partial charge >= 0.3 is 0 Å².